The molecule has 2 heterocycles. The van der Waals surface area contributed by atoms with Crippen LogP contribution in [0.5, 0.6) is 5.75 Å². The molecule has 0 saturated heterocycles. The molecular weight excluding hydrogens is 302 g/mol. The van der Waals surface area contributed by atoms with Crippen LogP contribution in [0.2, 0.25) is 0 Å². The van der Waals surface area contributed by atoms with Gasteiger partial charge in [0.2, 0.25) is 0 Å². The summed E-state index contributed by atoms with van der Waals surface area (Å²) in [4.78, 5) is 8.18. The molecule has 4 aromatic rings. The summed E-state index contributed by atoms with van der Waals surface area (Å²) in [5.74, 6) is 0.815. The fourth-order valence-corrected chi connectivity index (χ4v) is 3.15. The Balaban J connectivity index is 1.97. The number of H-pyrrole nitrogens is 1. The number of benzene rings is 2. The number of anilines is 1. The maximum atomic E-state index is 9.24. The quantitative estimate of drug-likeness (QED) is 0.486. The van der Waals surface area contributed by atoms with Crippen LogP contribution in [0.15, 0.2) is 48.5 Å². The second kappa shape index (κ2) is 5.54. The van der Waals surface area contributed by atoms with Gasteiger partial charge in [-0.3, -0.25) is 10.7 Å². The molecule has 0 unspecified atom stereocenters. The SMILES string of the molecule is COc1ccc2[nH]c(C)c(-c3ccc4c(NO)cccc4n3)c2c1. The number of methoxy groups -OCH3 is 1. The minimum absolute atomic E-state index is 0.642. The van der Waals surface area contributed by atoms with Gasteiger partial charge >= 0.3 is 0 Å². The zero-order valence-corrected chi connectivity index (χ0v) is 13.4. The van der Waals surface area contributed by atoms with E-state index in [9.17, 15) is 5.21 Å². The van der Waals surface area contributed by atoms with E-state index in [0.29, 0.717) is 5.69 Å². The number of aromatic amines is 1. The molecule has 3 N–H and O–H groups in total. The first-order chi connectivity index (χ1) is 11.7. The molecule has 0 spiro atoms. The molecule has 0 amide bonds. The van der Waals surface area contributed by atoms with Gasteiger partial charge in [0.05, 0.1) is 24.0 Å². The van der Waals surface area contributed by atoms with Crippen LogP contribution in [0.3, 0.4) is 0 Å². The van der Waals surface area contributed by atoms with Gasteiger partial charge in [-0.2, -0.15) is 0 Å². The Labute approximate surface area is 138 Å². The lowest BCUT2D eigenvalue weighted by Gasteiger charge is -2.07. The Morgan fingerprint density at radius 2 is 1.96 bits per heavy atom. The first-order valence-electron chi connectivity index (χ1n) is 7.68. The lowest BCUT2D eigenvalue weighted by Crippen LogP contribution is -1.92. The molecule has 0 saturated carbocycles. The summed E-state index contributed by atoms with van der Waals surface area (Å²) >= 11 is 0. The summed E-state index contributed by atoms with van der Waals surface area (Å²) in [6.45, 7) is 2.04. The molecule has 0 aliphatic carbocycles. The smallest absolute Gasteiger partial charge is 0.119 e. The van der Waals surface area contributed by atoms with Crippen LogP contribution in [-0.4, -0.2) is 22.3 Å². The molecule has 2 aromatic carbocycles. The number of nitrogens with one attached hydrogen (secondary N) is 2. The van der Waals surface area contributed by atoms with Crippen molar-refractivity contribution in [1.29, 1.82) is 0 Å². The Hall–Kier alpha value is -3.05. The van der Waals surface area contributed by atoms with E-state index in [-0.39, 0.29) is 0 Å². The standard InChI is InChI=1S/C19H17N3O2/c1-11-19(14-10-12(24-2)6-8-16(14)20-11)18-9-7-13-15(21-18)4-3-5-17(13)22-23/h3-10,20,22-23H,1-2H3. The highest BCUT2D eigenvalue weighted by Gasteiger charge is 2.13. The van der Waals surface area contributed by atoms with Gasteiger partial charge in [0.25, 0.3) is 0 Å². The number of aromatic nitrogens is 2. The van der Waals surface area contributed by atoms with Gasteiger partial charge in [-0.25, -0.2) is 4.98 Å². The van der Waals surface area contributed by atoms with E-state index in [2.05, 4.69) is 10.5 Å². The average molecular weight is 319 g/mol. The van der Waals surface area contributed by atoms with Crippen molar-refractivity contribution in [1.82, 2.24) is 9.97 Å². The predicted octanol–water partition coefficient (Wildman–Crippen LogP) is 4.50. The molecule has 4 rings (SSSR count). The van der Waals surface area contributed by atoms with Crippen LogP contribution in [0.1, 0.15) is 5.69 Å². The van der Waals surface area contributed by atoms with Crippen molar-refractivity contribution >= 4 is 27.5 Å². The summed E-state index contributed by atoms with van der Waals surface area (Å²) in [5, 5.41) is 11.2. The number of fused-ring (bicyclic) bond motifs is 2. The number of ether oxygens (including phenoxy) is 1. The van der Waals surface area contributed by atoms with Crippen molar-refractivity contribution < 1.29 is 9.94 Å². The fraction of sp³-hybridized carbons (Fsp3) is 0.105. The van der Waals surface area contributed by atoms with Crippen LogP contribution >= 0.6 is 0 Å². The molecule has 0 aliphatic heterocycles. The lowest BCUT2D eigenvalue weighted by molar-refractivity contribution is 0.390. The van der Waals surface area contributed by atoms with Crippen LogP contribution in [0.25, 0.3) is 33.1 Å². The number of pyridine rings is 1. The number of hydrogen-bond acceptors (Lipinski definition) is 4. The van der Waals surface area contributed by atoms with E-state index in [0.717, 1.165) is 44.5 Å². The molecule has 0 radical (unpaired) electrons. The first kappa shape index (κ1) is 14.5. The van der Waals surface area contributed by atoms with E-state index in [1.54, 1.807) is 7.11 Å². The summed E-state index contributed by atoms with van der Waals surface area (Å²) in [6, 6.07) is 15.5. The Morgan fingerprint density at radius 1 is 1.08 bits per heavy atom. The topological polar surface area (TPSA) is 70.2 Å². The van der Waals surface area contributed by atoms with E-state index in [1.165, 1.54) is 0 Å². The minimum atomic E-state index is 0.642. The third kappa shape index (κ3) is 2.18. The zero-order chi connectivity index (χ0) is 16.7. The van der Waals surface area contributed by atoms with Gasteiger partial charge in [0, 0.05) is 27.5 Å². The monoisotopic (exact) mass is 319 g/mol. The number of hydrogen-bond donors (Lipinski definition) is 3. The number of rotatable bonds is 3. The Morgan fingerprint density at radius 3 is 2.75 bits per heavy atom. The maximum absolute atomic E-state index is 9.24. The molecule has 5 heteroatoms. The van der Waals surface area contributed by atoms with Crippen LogP contribution in [0.4, 0.5) is 5.69 Å². The van der Waals surface area contributed by atoms with Crippen molar-refractivity contribution in [2.24, 2.45) is 0 Å². The molecular formula is C19H17N3O2. The fourth-order valence-electron chi connectivity index (χ4n) is 3.15. The lowest BCUT2D eigenvalue weighted by atomic mass is 10.1. The molecule has 24 heavy (non-hydrogen) atoms. The second-order valence-corrected chi connectivity index (χ2v) is 5.72. The summed E-state index contributed by atoms with van der Waals surface area (Å²) in [5.41, 5.74) is 7.74. The number of nitrogens with zero attached hydrogens (tertiary/aromatic N) is 1. The third-order valence-corrected chi connectivity index (χ3v) is 4.30. The highest BCUT2D eigenvalue weighted by molar-refractivity contribution is 5.99. The number of aryl methyl sites for hydroxylation is 1. The molecule has 0 atom stereocenters. The minimum Gasteiger partial charge on any atom is -0.497 e. The molecule has 0 aliphatic rings. The van der Waals surface area contributed by atoms with Crippen molar-refractivity contribution in [3.63, 3.8) is 0 Å². The van der Waals surface area contributed by atoms with E-state index in [4.69, 9.17) is 9.72 Å². The van der Waals surface area contributed by atoms with Gasteiger partial charge in [-0.05, 0) is 49.4 Å². The highest BCUT2D eigenvalue weighted by atomic mass is 16.5. The van der Waals surface area contributed by atoms with Crippen molar-refractivity contribution in [2.75, 3.05) is 12.6 Å². The third-order valence-electron chi connectivity index (χ3n) is 4.30. The molecule has 5 nitrogen and oxygen atoms in total. The van der Waals surface area contributed by atoms with Crippen molar-refractivity contribution in [3.8, 4) is 17.0 Å². The largest absolute Gasteiger partial charge is 0.497 e. The zero-order valence-electron chi connectivity index (χ0n) is 13.4. The van der Waals surface area contributed by atoms with E-state index < -0.39 is 0 Å². The van der Waals surface area contributed by atoms with Gasteiger partial charge in [-0.15, -0.1) is 0 Å². The second-order valence-electron chi connectivity index (χ2n) is 5.72. The van der Waals surface area contributed by atoms with E-state index >= 15 is 0 Å². The van der Waals surface area contributed by atoms with Gasteiger partial charge in [-0.1, -0.05) is 6.07 Å². The molecule has 0 bridgehead atoms. The first-order valence-corrected chi connectivity index (χ1v) is 7.68. The van der Waals surface area contributed by atoms with Crippen LogP contribution in [-0.2, 0) is 0 Å². The normalized spacial score (nSPS) is 11.1. The van der Waals surface area contributed by atoms with Crippen LogP contribution in [0, 0.1) is 6.92 Å². The van der Waals surface area contributed by atoms with Crippen molar-refractivity contribution in [2.45, 2.75) is 6.92 Å². The molecule has 0 fully saturated rings. The Bertz CT molecular complexity index is 1050. The van der Waals surface area contributed by atoms with Gasteiger partial charge in [0.15, 0.2) is 0 Å². The maximum Gasteiger partial charge on any atom is 0.119 e. The highest BCUT2D eigenvalue weighted by Crippen LogP contribution is 2.34. The Kier molecular flexibility index (Phi) is 3.36. The van der Waals surface area contributed by atoms with E-state index in [1.807, 2.05) is 55.5 Å². The molecule has 2 aromatic heterocycles. The summed E-state index contributed by atoms with van der Waals surface area (Å²) in [6.07, 6.45) is 0. The average Bonchev–Trinajstić information content (AvgIpc) is 2.95. The molecule has 120 valence electrons. The van der Waals surface area contributed by atoms with Crippen molar-refractivity contribution in [3.05, 3.63) is 54.2 Å². The van der Waals surface area contributed by atoms with Gasteiger partial charge < -0.3 is 9.72 Å². The van der Waals surface area contributed by atoms with Gasteiger partial charge in [0.1, 0.15) is 5.75 Å². The summed E-state index contributed by atoms with van der Waals surface area (Å²) < 4.78 is 5.35. The van der Waals surface area contributed by atoms with Crippen LogP contribution < -0.4 is 10.2 Å². The summed E-state index contributed by atoms with van der Waals surface area (Å²) in [7, 11) is 1.66. The predicted molar refractivity (Wildman–Crippen MR) is 95.7 cm³/mol.